The monoisotopic (exact) mass is 519 g/mol. The number of benzene rings is 2. The van der Waals surface area contributed by atoms with E-state index >= 15 is 0 Å². The molecule has 24 heavy (non-hydrogen) atoms. The van der Waals surface area contributed by atoms with Crippen LogP contribution in [0.4, 0.5) is 5.69 Å². The maximum atomic E-state index is 12.2. The van der Waals surface area contributed by atoms with Gasteiger partial charge in [0.25, 0.3) is 5.69 Å². The number of fused-ring (bicyclic) bond motifs is 1. The molecule has 9 heteroatoms. The molecule has 124 valence electrons. The first-order valence-corrected chi connectivity index (χ1v) is 8.66. The summed E-state index contributed by atoms with van der Waals surface area (Å²) in [6.45, 7) is 0. The number of nitrogens with zero attached hydrogens (tertiary/aromatic N) is 2. The number of carbonyl (C=O) groups is 1. The Balaban J connectivity index is 0.00000208. The zero-order valence-electron chi connectivity index (χ0n) is 12.1. The molecular formula is C15H11BrIN3O3S. The lowest BCUT2D eigenvalue weighted by Gasteiger charge is -2.01. The van der Waals surface area contributed by atoms with Gasteiger partial charge in [0.2, 0.25) is 0 Å². The quantitative estimate of drug-likeness (QED) is 0.174. The Bertz CT molecular complexity index is 883. The number of para-hydroxylation sites is 2. The number of imidazole rings is 1. The molecular weight excluding hydrogens is 509 g/mol. The predicted octanol–water partition coefficient (Wildman–Crippen LogP) is 4.63. The number of halogens is 2. The Labute approximate surface area is 165 Å². The van der Waals surface area contributed by atoms with Crippen molar-refractivity contribution in [3.63, 3.8) is 0 Å². The summed E-state index contributed by atoms with van der Waals surface area (Å²) in [6.07, 6.45) is 0. The van der Waals surface area contributed by atoms with E-state index in [0.717, 1.165) is 11.0 Å². The summed E-state index contributed by atoms with van der Waals surface area (Å²) in [4.78, 5) is 30.2. The van der Waals surface area contributed by atoms with Crippen molar-refractivity contribution in [2.75, 3.05) is 5.75 Å². The van der Waals surface area contributed by atoms with Gasteiger partial charge in [-0.15, -0.1) is 17.0 Å². The van der Waals surface area contributed by atoms with Gasteiger partial charge in [-0.1, -0.05) is 23.9 Å². The molecule has 1 N–H and O–H groups in total. The number of H-pyrrole nitrogens is 1. The van der Waals surface area contributed by atoms with Crippen LogP contribution in [-0.4, -0.2) is 26.4 Å². The first-order valence-electron chi connectivity index (χ1n) is 6.59. The van der Waals surface area contributed by atoms with Gasteiger partial charge in [0.05, 0.1) is 25.3 Å². The number of nitro benzene ring substituents is 1. The molecule has 0 spiro atoms. The number of aromatic amines is 1. The lowest BCUT2D eigenvalue weighted by atomic mass is 10.1. The van der Waals surface area contributed by atoms with Gasteiger partial charge in [-0.2, -0.15) is 0 Å². The fourth-order valence-electron chi connectivity index (χ4n) is 2.04. The van der Waals surface area contributed by atoms with Crippen LogP contribution in [0.2, 0.25) is 0 Å². The van der Waals surface area contributed by atoms with Crippen LogP contribution < -0.4 is 0 Å². The van der Waals surface area contributed by atoms with E-state index in [1.165, 1.54) is 17.8 Å². The van der Waals surface area contributed by atoms with Crippen LogP contribution in [0.3, 0.4) is 0 Å². The molecule has 3 aromatic rings. The molecule has 0 atom stereocenters. The summed E-state index contributed by atoms with van der Waals surface area (Å²) < 4.78 is 0.508. The fourth-order valence-corrected chi connectivity index (χ4v) is 3.35. The van der Waals surface area contributed by atoms with Crippen molar-refractivity contribution in [2.24, 2.45) is 0 Å². The Hall–Kier alpha value is -1.46. The Kier molecular flexibility index (Phi) is 6.35. The minimum Gasteiger partial charge on any atom is -0.333 e. The number of nitro groups is 1. The summed E-state index contributed by atoms with van der Waals surface area (Å²) in [5, 5.41) is 11.6. The summed E-state index contributed by atoms with van der Waals surface area (Å²) in [5.74, 6) is -0.00708. The summed E-state index contributed by atoms with van der Waals surface area (Å²) in [6, 6.07) is 12.1. The number of aromatic nitrogens is 2. The molecule has 0 unspecified atom stereocenters. The zero-order chi connectivity index (χ0) is 16.4. The molecule has 0 aliphatic rings. The fraction of sp³-hybridized carbons (Fsp3) is 0.0667. The summed E-state index contributed by atoms with van der Waals surface area (Å²) in [7, 11) is 0. The molecule has 1 aromatic heterocycles. The molecule has 0 fully saturated rings. The molecule has 0 saturated carbocycles. The molecule has 0 amide bonds. The molecule has 0 aliphatic carbocycles. The van der Waals surface area contributed by atoms with Crippen LogP contribution in [0.25, 0.3) is 11.0 Å². The number of thioether (sulfide) groups is 1. The van der Waals surface area contributed by atoms with E-state index in [2.05, 4.69) is 9.97 Å². The van der Waals surface area contributed by atoms with E-state index < -0.39 is 4.92 Å². The van der Waals surface area contributed by atoms with Crippen LogP contribution in [0.1, 0.15) is 10.4 Å². The van der Waals surface area contributed by atoms with Crippen LogP contribution in [0.15, 0.2) is 47.6 Å². The Morgan fingerprint density at radius 3 is 2.75 bits per heavy atom. The van der Waals surface area contributed by atoms with E-state index in [1.807, 2.05) is 46.9 Å². The molecule has 0 bridgehead atoms. The average molecular weight is 520 g/mol. The van der Waals surface area contributed by atoms with Crippen molar-refractivity contribution in [3.8, 4) is 0 Å². The molecule has 0 radical (unpaired) electrons. The summed E-state index contributed by atoms with van der Waals surface area (Å²) in [5.41, 5.74) is 2.03. The van der Waals surface area contributed by atoms with E-state index in [4.69, 9.17) is 0 Å². The highest BCUT2D eigenvalue weighted by Crippen LogP contribution is 2.24. The number of rotatable bonds is 5. The van der Waals surface area contributed by atoms with Crippen molar-refractivity contribution in [2.45, 2.75) is 5.16 Å². The third kappa shape index (κ3) is 4.14. The van der Waals surface area contributed by atoms with Crippen molar-refractivity contribution in [1.29, 1.82) is 0 Å². The van der Waals surface area contributed by atoms with Gasteiger partial charge >= 0.3 is 0 Å². The number of hydrogen-bond donors (Lipinski definition) is 1. The molecule has 6 nitrogen and oxygen atoms in total. The first-order chi connectivity index (χ1) is 11.0. The summed E-state index contributed by atoms with van der Waals surface area (Å²) >= 11 is 3.16. The van der Waals surface area contributed by atoms with Gasteiger partial charge < -0.3 is 4.98 Å². The van der Waals surface area contributed by atoms with Gasteiger partial charge in [-0.25, -0.2) is 4.98 Å². The lowest BCUT2D eigenvalue weighted by Crippen LogP contribution is -2.04. The van der Waals surface area contributed by atoms with Crippen LogP contribution in [0.5, 0.6) is 0 Å². The third-order valence-corrected chi connectivity index (χ3v) is 4.96. The molecule has 0 aliphatic heterocycles. The topological polar surface area (TPSA) is 88.9 Å². The molecule has 2 aromatic carbocycles. The van der Waals surface area contributed by atoms with Crippen molar-refractivity contribution in [1.82, 2.24) is 9.97 Å². The highest BCUT2D eigenvalue weighted by molar-refractivity contribution is 14.1. The third-order valence-electron chi connectivity index (χ3n) is 3.17. The zero-order valence-corrected chi connectivity index (χ0v) is 16.7. The normalized spacial score (nSPS) is 10.4. The van der Waals surface area contributed by atoms with Crippen LogP contribution in [-0.2, 0) is 0 Å². The number of Topliss-reactive ketones (excluding diaryl/α,β-unsaturated/α-hetero) is 1. The number of ketones is 1. The first kappa shape index (κ1) is 18.9. The van der Waals surface area contributed by atoms with Gasteiger partial charge in [0, 0.05) is 11.6 Å². The lowest BCUT2D eigenvalue weighted by molar-refractivity contribution is -0.385. The SMILES string of the molecule is Br.O=C(CSc1nc2ccccc2[nH]1)c1ccc(I)c([N+](=O)[O-])c1. The molecule has 0 saturated heterocycles. The Morgan fingerprint density at radius 2 is 2.04 bits per heavy atom. The minimum absolute atomic E-state index is 0. The van der Waals surface area contributed by atoms with E-state index in [-0.39, 0.29) is 34.2 Å². The number of hydrogen-bond acceptors (Lipinski definition) is 5. The average Bonchev–Trinajstić information content (AvgIpc) is 2.95. The smallest absolute Gasteiger partial charge is 0.283 e. The number of carbonyl (C=O) groups excluding carboxylic acids is 1. The maximum absolute atomic E-state index is 12.2. The maximum Gasteiger partial charge on any atom is 0.283 e. The minimum atomic E-state index is -0.481. The van der Waals surface area contributed by atoms with E-state index in [0.29, 0.717) is 14.3 Å². The van der Waals surface area contributed by atoms with E-state index in [9.17, 15) is 14.9 Å². The predicted molar refractivity (Wildman–Crippen MR) is 107 cm³/mol. The van der Waals surface area contributed by atoms with Crippen molar-refractivity contribution < 1.29 is 9.72 Å². The highest BCUT2D eigenvalue weighted by Gasteiger charge is 2.16. The van der Waals surface area contributed by atoms with Crippen LogP contribution in [0, 0.1) is 13.7 Å². The molecule has 3 rings (SSSR count). The van der Waals surface area contributed by atoms with Crippen LogP contribution >= 0.6 is 51.3 Å². The second-order valence-electron chi connectivity index (χ2n) is 4.69. The second kappa shape index (κ2) is 8.08. The van der Waals surface area contributed by atoms with E-state index in [1.54, 1.807) is 12.1 Å². The van der Waals surface area contributed by atoms with Gasteiger partial charge in [0.15, 0.2) is 10.9 Å². The largest absolute Gasteiger partial charge is 0.333 e. The highest BCUT2D eigenvalue weighted by atomic mass is 127. The van der Waals surface area contributed by atoms with Crippen molar-refractivity contribution in [3.05, 3.63) is 61.7 Å². The van der Waals surface area contributed by atoms with Crippen molar-refractivity contribution >= 4 is 73.8 Å². The standard InChI is InChI=1S/C15H10IN3O3S.BrH/c16-10-6-5-9(7-13(10)19(21)22)14(20)8-23-15-17-11-3-1-2-4-12(11)18-15;/h1-7H,8H2,(H,17,18);1H. The Morgan fingerprint density at radius 1 is 1.29 bits per heavy atom. The molecule has 1 heterocycles. The van der Waals surface area contributed by atoms with Gasteiger partial charge in [-0.05, 0) is 46.9 Å². The number of nitrogens with one attached hydrogen (secondary N) is 1. The van der Waals surface area contributed by atoms with Gasteiger partial charge in [0.1, 0.15) is 0 Å². The van der Waals surface area contributed by atoms with Gasteiger partial charge in [-0.3, -0.25) is 14.9 Å². The second-order valence-corrected chi connectivity index (χ2v) is 6.82.